The highest BCUT2D eigenvalue weighted by Gasteiger charge is 2.62. The summed E-state index contributed by atoms with van der Waals surface area (Å²) in [6, 6.07) is 21.1. The Balaban J connectivity index is 1.33. The minimum absolute atomic E-state index is 0.230. The molecule has 0 N–H and O–H groups in total. The van der Waals surface area contributed by atoms with Crippen LogP contribution in [0.5, 0.6) is 0 Å². The zero-order chi connectivity index (χ0) is 25.5. The van der Waals surface area contributed by atoms with E-state index >= 15 is 0 Å². The molecule has 3 fully saturated rings. The Morgan fingerprint density at radius 3 is 2.27 bits per heavy atom. The third-order valence-electron chi connectivity index (χ3n) is 8.79. The highest BCUT2D eigenvalue weighted by Crippen LogP contribution is 2.60. The molecule has 3 aromatic carbocycles. The molecule has 37 heavy (non-hydrogen) atoms. The van der Waals surface area contributed by atoms with E-state index in [2.05, 4.69) is 6.58 Å². The Bertz CT molecular complexity index is 1500. The predicted octanol–water partition coefficient (Wildman–Crippen LogP) is 5.18. The van der Waals surface area contributed by atoms with E-state index in [1.54, 1.807) is 6.08 Å². The van der Waals surface area contributed by atoms with E-state index in [1.807, 2.05) is 79.7 Å². The molecule has 3 aliphatic rings. The third-order valence-corrected chi connectivity index (χ3v) is 8.79. The van der Waals surface area contributed by atoms with Crippen molar-refractivity contribution in [2.75, 3.05) is 0 Å². The predicted molar refractivity (Wildman–Crippen MR) is 145 cm³/mol. The molecule has 0 heterocycles. The number of esters is 2. The van der Waals surface area contributed by atoms with Gasteiger partial charge in [0, 0.05) is 11.8 Å². The van der Waals surface area contributed by atoms with Gasteiger partial charge in [0.25, 0.3) is 0 Å². The number of carbonyl (C=O) groups is 2. The average molecular weight is 493 g/mol. The number of hydrogen-bond acceptors (Lipinski definition) is 4. The van der Waals surface area contributed by atoms with Gasteiger partial charge in [0.1, 0.15) is 12.2 Å². The first-order valence-corrected chi connectivity index (χ1v) is 13.4. The number of allylic oxidation sites excluding steroid dienone is 1. The fourth-order valence-electron chi connectivity index (χ4n) is 7.29. The molecule has 6 atom stereocenters. The Labute approximate surface area is 217 Å². The molecular weight excluding hydrogens is 460 g/mol. The molecule has 3 saturated carbocycles. The SMILES string of the molecule is C=c1cccc/c1=C(/C=C\C)C(=O)OC1C2CC(C3CCCC32)C1OC(=O)c1cccc2ccccc12. The van der Waals surface area contributed by atoms with E-state index in [-0.39, 0.29) is 23.8 Å². The quantitative estimate of drug-likeness (QED) is 0.461. The zero-order valence-electron chi connectivity index (χ0n) is 21.1. The lowest BCUT2D eigenvalue weighted by Crippen LogP contribution is -2.46. The molecule has 6 unspecified atom stereocenters. The summed E-state index contributed by atoms with van der Waals surface area (Å²) in [7, 11) is 0. The van der Waals surface area contributed by atoms with Crippen molar-refractivity contribution in [3.05, 3.63) is 94.9 Å². The molecule has 0 aromatic heterocycles. The van der Waals surface area contributed by atoms with Gasteiger partial charge in [-0.1, -0.05) is 85.8 Å². The van der Waals surface area contributed by atoms with Crippen LogP contribution >= 0.6 is 0 Å². The Hall–Kier alpha value is -3.66. The van der Waals surface area contributed by atoms with Crippen molar-refractivity contribution in [3.63, 3.8) is 0 Å². The molecule has 0 amide bonds. The number of benzene rings is 3. The summed E-state index contributed by atoms with van der Waals surface area (Å²) in [5, 5.41) is 3.41. The van der Waals surface area contributed by atoms with Crippen LogP contribution in [-0.4, -0.2) is 24.1 Å². The van der Waals surface area contributed by atoms with Crippen LogP contribution in [-0.2, 0) is 14.3 Å². The maximum absolute atomic E-state index is 13.6. The van der Waals surface area contributed by atoms with Crippen LogP contribution in [0.25, 0.3) is 22.9 Å². The van der Waals surface area contributed by atoms with Gasteiger partial charge in [-0.15, -0.1) is 0 Å². The molecule has 188 valence electrons. The van der Waals surface area contributed by atoms with Crippen LogP contribution in [0.3, 0.4) is 0 Å². The largest absolute Gasteiger partial charge is 0.454 e. The van der Waals surface area contributed by atoms with Gasteiger partial charge >= 0.3 is 11.9 Å². The first-order chi connectivity index (χ1) is 18.1. The Kier molecular flexibility index (Phi) is 6.19. The van der Waals surface area contributed by atoms with Gasteiger partial charge < -0.3 is 9.47 Å². The van der Waals surface area contributed by atoms with Gasteiger partial charge in [0.15, 0.2) is 0 Å². The zero-order valence-corrected chi connectivity index (χ0v) is 21.1. The van der Waals surface area contributed by atoms with E-state index in [0.29, 0.717) is 23.0 Å². The number of carbonyl (C=O) groups excluding carboxylic acids is 2. The van der Waals surface area contributed by atoms with Crippen LogP contribution in [0.4, 0.5) is 0 Å². The van der Waals surface area contributed by atoms with Crippen LogP contribution in [0.15, 0.2) is 78.9 Å². The molecule has 0 radical (unpaired) electrons. The van der Waals surface area contributed by atoms with E-state index in [1.165, 1.54) is 12.8 Å². The van der Waals surface area contributed by atoms with Crippen LogP contribution in [0.2, 0.25) is 0 Å². The number of hydrogen-bond donors (Lipinski definition) is 0. The molecule has 3 aromatic rings. The lowest BCUT2D eigenvalue weighted by atomic mass is 9.78. The number of ether oxygens (including phenoxy) is 2. The molecular formula is C33H32O4. The lowest BCUT2D eigenvalue weighted by molar-refractivity contribution is -0.155. The fraction of sp³-hybridized carbons (Fsp3) is 0.333. The first-order valence-electron chi connectivity index (χ1n) is 13.4. The molecule has 4 heteroatoms. The highest BCUT2D eigenvalue weighted by atomic mass is 16.6. The normalized spacial score (nSPS) is 28.9. The summed E-state index contributed by atoms with van der Waals surface area (Å²) in [6.45, 7) is 5.98. The van der Waals surface area contributed by atoms with Gasteiger partial charge in [-0.05, 0) is 65.3 Å². The van der Waals surface area contributed by atoms with E-state index in [4.69, 9.17) is 9.47 Å². The average Bonchev–Trinajstić information content (AvgIpc) is 3.61. The first kappa shape index (κ1) is 23.7. The van der Waals surface area contributed by atoms with Crippen molar-refractivity contribution in [1.82, 2.24) is 0 Å². The van der Waals surface area contributed by atoms with Crippen LogP contribution in [0, 0.1) is 23.7 Å². The summed E-state index contributed by atoms with van der Waals surface area (Å²) in [4.78, 5) is 27.1. The summed E-state index contributed by atoms with van der Waals surface area (Å²) in [5.74, 6) is 0.830. The van der Waals surface area contributed by atoms with Crippen molar-refractivity contribution < 1.29 is 19.1 Å². The highest BCUT2D eigenvalue weighted by molar-refractivity contribution is 6.14. The molecule has 4 nitrogen and oxygen atoms in total. The summed E-state index contributed by atoms with van der Waals surface area (Å²) < 4.78 is 12.6. The number of rotatable bonds is 5. The van der Waals surface area contributed by atoms with Gasteiger partial charge in [0.05, 0.1) is 11.1 Å². The second kappa shape index (κ2) is 9.66. The minimum atomic E-state index is -0.437. The maximum atomic E-state index is 13.6. The molecule has 6 rings (SSSR count). The Morgan fingerprint density at radius 1 is 0.838 bits per heavy atom. The van der Waals surface area contributed by atoms with E-state index < -0.39 is 12.2 Å². The topological polar surface area (TPSA) is 52.6 Å². The molecule has 0 spiro atoms. The molecule has 3 aliphatic carbocycles. The Morgan fingerprint density at radius 2 is 1.51 bits per heavy atom. The van der Waals surface area contributed by atoms with Crippen molar-refractivity contribution in [2.45, 2.75) is 44.8 Å². The van der Waals surface area contributed by atoms with Crippen LogP contribution in [0.1, 0.15) is 43.0 Å². The summed E-state index contributed by atoms with van der Waals surface area (Å²) in [6.07, 6.45) is 7.24. The summed E-state index contributed by atoms with van der Waals surface area (Å²) >= 11 is 0. The van der Waals surface area contributed by atoms with E-state index in [9.17, 15) is 9.59 Å². The summed E-state index contributed by atoms with van der Waals surface area (Å²) in [5.41, 5.74) is 1.04. The van der Waals surface area contributed by atoms with Crippen molar-refractivity contribution >= 4 is 34.9 Å². The second-order valence-corrected chi connectivity index (χ2v) is 10.7. The molecule has 2 bridgehead atoms. The maximum Gasteiger partial charge on any atom is 0.339 e. The smallest absolute Gasteiger partial charge is 0.339 e. The van der Waals surface area contributed by atoms with Crippen molar-refractivity contribution in [2.24, 2.45) is 23.7 Å². The third kappa shape index (κ3) is 4.09. The van der Waals surface area contributed by atoms with Gasteiger partial charge in [0.2, 0.25) is 0 Å². The standard InChI is InChI=1S/C33H32O4/c1-3-10-26(22-14-6-4-11-20(22)2)32(34)36-30-28-19-29(25-17-9-16-24(25)28)31(30)37-33(35)27-18-8-13-21-12-5-7-15-23(21)27/h3-8,10-15,18,24-25,28-31H,2,9,16-17,19H2,1H3/b10-3-,26-22+. The van der Waals surface area contributed by atoms with Crippen LogP contribution < -0.4 is 10.4 Å². The van der Waals surface area contributed by atoms with Gasteiger partial charge in [-0.25, -0.2) is 9.59 Å². The molecule has 0 aliphatic heterocycles. The lowest BCUT2D eigenvalue weighted by Gasteiger charge is -2.37. The monoisotopic (exact) mass is 492 g/mol. The number of fused-ring (bicyclic) bond motifs is 6. The minimum Gasteiger partial charge on any atom is -0.454 e. The van der Waals surface area contributed by atoms with Gasteiger partial charge in [-0.3, -0.25) is 0 Å². The van der Waals surface area contributed by atoms with E-state index in [0.717, 1.165) is 34.1 Å². The van der Waals surface area contributed by atoms with Crippen molar-refractivity contribution in [3.8, 4) is 0 Å². The molecule has 0 saturated heterocycles. The van der Waals surface area contributed by atoms with Gasteiger partial charge in [-0.2, -0.15) is 0 Å². The second-order valence-electron chi connectivity index (χ2n) is 10.7. The van der Waals surface area contributed by atoms with Crippen molar-refractivity contribution in [1.29, 1.82) is 0 Å². The fourth-order valence-corrected chi connectivity index (χ4v) is 7.29.